The lowest BCUT2D eigenvalue weighted by molar-refractivity contribution is -0.123. The molecule has 1 aliphatic heterocycles. The molecule has 0 bridgehead atoms. The summed E-state index contributed by atoms with van der Waals surface area (Å²) in [5.41, 5.74) is 7.28. The largest absolute Gasteiger partial charge is 0.399 e. The van der Waals surface area contributed by atoms with Gasteiger partial charge in [0.15, 0.2) is 0 Å². The Hall–Kier alpha value is -1.55. The van der Waals surface area contributed by atoms with Crippen molar-refractivity contribution in [1.29, 1.82) is 0 Å². The minimum atomic E-state index is -0.224. The summed E-state index contributed by atoms with van der Waals surface area (Å²) in [6.45, 7) is 4.77. The summed E-state index contributed by atoms with van der Waals surface area (Å²) in [6, 6.07) is 7.65. The number of carbonyl (C=O) groups excluding carboxylic acids is 1. The Kier molecular flexibility index (Phi) is 4.10. The lowest BCUT2D eigenvalue weighted by Gasteiger charge is -2.28. The molecule has 1 aromatic rings. The smallest absolute Gasteiger partial charge is 0.220 e. The maximum absolute atomic E-state index is 12.0. The van der Waals surface area contributed by atoms with E-state index in [4.69, 9.17) is 10.5 Å². The first kappa shape index (κ1) is 13.9. The Morgan fingerprint density at radius 1 is 1.47 bits per heavy atom. The van der Waals surface area contributed by atoms with Gasteiger partial charge in [-0.2, -0.15) is 0 Å². The van der Waals surface area contributed by atoms with Crippen LogP contribution >= 0.6 is 0 Å². The van der Waals surface area contributed by atoms with Gasteiger partial charge >= 0.3 is 0 Å². The number of anilines is 1. The molecule has 4 nitrogen and oxygen atoms in total. The molecule has 0 aromatic heterocycles. The highest BCUT2D eigenvalue weighted by Crippen LogP contribution is 2.25. The van der Waals surface area contributed by atoms with Crippen LogP contribution in [0.1, 0.15) is 32.3 Å². The number of rotatable bonds is 4. The molecule has 2 rings (SSSR count). The fourth-order valence-corrected chi connectivity index (χ4v) is 2.32. The summed E-state index contributed by atoms with van der Waals surface area (Å²) < 4.78 is 5.52. The molecule has 3 N–H and O–H groups in total. The number of nitrogens with one attached hydrogen (secondary N) is 1. The molecule has 1 aliphatic rings. The van der Waals surface area contributed by atoms with Crippen molar-refractivity contribution in [2.75, 3.05) is 12.3 Å². The first-order valence-electron chi connectivity index (χ1n) is 6.77. The molecule has 1 fully saturated rings. The number of ether oxygens (including phenoxy) is 1. The number of amides is 1. The summed E-state index contributed by atoms with van der Waals surface area (Å²) >= 11 is 0. The molecule has 104 valence electrons. The molecule has 0 aliphatic carbocycles. The maximum atomic E-state index is 12.0. The Labute approximate surface area is 114 Å². The number of aryl methyl sites for hydroxylation is 1. The van der Waals surface area contributed by atoms with Crippen molar-refractivity contribution >= 4 is 11.6 Å². The number of nitrogen functional groups attached to an aromatic ring is 1. The fraction of sp³-hybridized carbons (Fsp3) is 0.533. The van der Waals surface area contributed by atoms with Crippen LogP contribution in [-0.4, -0.2) is 24.2 Å². The van der Waals surface area contributed by atoms with Gasteiger partial charge in [0.2, 0.25) is 5.91 Å². The van der Waals surface area contributed by atoms with E-state index < -0.39 is 0 Å². The molecule has 1 heterocycles. The molecule has 19 heavy (non-hydrogen) atoms. The molecular weight excluding hydrogens is 240 g/mol. The van der Waals surface area contributed by atoms with Crippen LogP contribution in [0, 0.1) is 0 Å². The van der Waals surface area contributed by atoms with Gasteiger partial charge in [0.25, 0.3) is 0 Å². The van der Waals surface area contributed by atoms with E-state index in [1.165, 1.54) is 0 Å². The van der Waals surface area contributed by atoms with Crippen LogP contribution in [0.2, 0.25) is 0 Å². The molecule has 2 atom stereocenters. The average Bonchev–Trinajstić information content (AvgIpc) is 2.68. The molecule has 1 saturated heterocycles. The van der Waals surface area contributed by atoms with E-state index in [1.807, 2.05) is 38.1 Å². The molecule has 0 saturated carbocycles. The number of hydrogen-bond acceptors (Lipinski definition) is 3. The second-order valence-corrected chi connectivity index (χ2v) is 5.47. The highest BCUT2D eigenvalue weighted by atomic mass is 16.5. The number of benzene rings is 1. The predicted molar refractivity (Wildman–Crippen MR) is 75.8 cm³/mol. The first-order chi connectivity index (χ1) is 8.99. The summed E-state index contributed by atoms with van der Waals surface area (Å²) in [7, 11) is 0. The zero-order chi connectivity index (χ0) is 13.9. The molecule has 0 spiro atoms. The molecule has 2 unspecified atom stereocenters. The van der Waals surface area contributed by atoms with E-state index in [9.17, 15) is 4.79 Å². The van der Waals surface area contributed by atoms with E-state index in [0.29, 0.717) is 6.42 Å². The lowest BCUT2D eigenvalue weighted by atomic mass is 9.94. The third kappa shape index (κ3) is 3.47. The second-order valence-electron chi connectivity index (χ2n) is 5.47. The van der Waals surface area contributed by atoms with E-state index in [-0.39, 0.29) is 17.6 Å². The van der Waals surface area contributed by atoms with Crippen LogP contribution in [0.3, 0.4) is 0 Å². The Morgan fingerprint density at radius 3 is 2.74 bits per heavy atom. The van der Waals surface area contributed by atoms with Crippen molar-refractivity contribution in [2.24, 2.45) is 0 Å². The molecular formula is C15H22N2O2. The quantitative estimate of drug-likeness (QED) is 0.814. The van der Waals surface area contributed by atoms with E-state index in [1.54, 1.807) is 0 Å². The van der Waals surface area contributed by atoms with Gasteiger partial charge in [-0.1, -0.05) is 12.1 Å². The van der Waals surface area contributed by atoms with E-state index in [0.717, 1.165) is 30.7 Å². The van der Waals surface area contributed by atoms with Crippen LogP contribution < -0.4 is 11.1 Å². The second kappa shape index (κ2) is 5.61. The van der Waals surface area contributed by atoms with E-state index in [2.05, 4.69) is 5.32 Å². The third-order valence-electron chi connectivity index (χ3n) is 3.93. The zero-order valence-corrected chi connectivity index (χ0v) is 11.6. The Bertz CT molecular complexity index is 444. The van der Waals surface area contributed by atoms with Gasteiger partial charge in [-0.3, -0.25) is 4.79 Å². The topological polar surface area (TPSA) is 64.3 Å². The maximum Gasteiger partial charge on any atom is 0.220 e. The first-order valence-corrected chi connectivity index (χ1v) is 6.77. The van der Waals surface area contributed by atoms with E-state index >= 15 is 0 Å². The van der Waals surface area contributed by atoms with Crippen molar-refractivity contribution in [3.8, 4) is 0 Å². The van der Waals surface area contributed by atoms with Gasteiger partial charge < -0.3 is 15.8 Å². The number of nitrogens with two attached hydrogens (primary N) is 1. The van der Waals surface area contributed by atoms with Crippen LogP contribution in [0.4, 0.5) is 5.69 Å². The molecule has 1 amide bonds. The van der Waals surface area contributed by atoms with Gasteiger partial charge in [0.05, 0.1) is 11.6 Å². The SMILES string of the molecule is CC1OCCC1(C)NC(=O)CCc1ccc(N)cc1. The normalized spacial score (nSPS) is 26.3. The summed E-state index contributed by atoms with van der Waals surface area (Å²) in [4.78, 5) is 12.0. The summed E-state index contributed by atoms with van der Waals surface area (Å²) in [5, 5.41) is 3.10. The van der Waals surface area contributed by atoms with Crippen molar-refractivity contribution in [2.45, 2.75) is 44.8 Å². The fourth-order valence-electron chi connectivity index (χ4n) is 2.32. The highest BCUT2D eigenvalue weighted by molar-refractivity contribution is 5.77. The monoisotopic (exact) mass is 262 g/mol. The van der Waals surface area contributed by atoms with Gasteiger partial charge in [-0.25, -0.2) is 0 Å². The van der Waals surface area contributed by atoms with Crippen LogP contribution in [0.5, 0.6) is 0 Å². The van der Waals surface area contributed by atoms with Gasteiger partial charge in [-0.05, 0) is 44.4 Å². The van der Waals surface area contributed by atoms with Crippen molar-refractivity contribution in [3.63, 3.8) is 0 Å². The van der Waals surface area contributed by atoms with Gasteiger partial charge in [-0.15, -0.1) is 0 Å². The zero-order valence-electron chi connectivity index (χ0n) is 11.6. The number of carbonyl (C=O) groups is 1. The minimum absolute atomic E-state index is 0.0768. The van der Waals surface area contributed by atoms with Crippen molar-refractivity contribution in [1.82, 2.24) is 5.32 Å². The predicted octanol–water partition coefficient (Wildman–Crippen LogP) is 1.89. The lowest BCUT2D eigenvalue weighted by Crippen LogP contribution is -2.50. The van der Waals surface area contributed by atoms with Crippen molar-refractivity contribution in [3.05, 3.63) is 29.8 Å². The third-order valence-corrected chi connectivity index (χ3v) is 3.93. The molecule has 0 radical (unpaired) electrons. The van der Waals surface area contributed by atoms with Crippen molar-refractivity contribution < 1.29 is 9.53 Å². The van der Waals surface area contributed by atoms with Gasteiger partial charge in [0, 0.05) is 18.7 Å². The van der Waals surface area contributed by atoms with Crippen LogP contribution in [0.25, 0.3) is 0 Å². The number of hydrogen-bond donors (Lipinski definition) is 2. The average molecular weight is 262 g/mol. The van der Waals surface area contributed by atoms with Crippen LogP contribution in [0.15, 0.2) is 24.3 Å². The highest BCUT2D eigenvalue weighted by Gasteiger charge is 2.37. The minimum Gasteiger partial charge on any atom is -0.399 e. The Morgan fingerprint density at radius 2 is 2.16 bits per heavy atom. The Balaban J connectivity index is 1.83. The standard InChI is InChI=1S/C15H22N2O2/c1-11-15(2,9-10-19-11)17-14(18)8-5-12-3-6-13(16)7-4-12/h3-4,6-7,11H,5,8-10,16H2,1-2H3,(H,17,18). The van der Waals surface area contributed by atoms with Gasteiger partial charge in [0.1, 0.15) is 0 Å². The summed E-state index contributed by atoms with van der Waals surface area (Å²) in [6.07, 6.45) is 2.18. The van der Waals surface area contributed by atoms with Crippen LogP contribution in [-0.2, 0) is 16.0 Å². The molecule has 1 aromatic carbocycles. The molecule has 4 heteroatoms. The summed E-state index contributed by atoms with van der Waals surface area (Å²) in [5.74, 6) is 0.0803.